The lowest BCUT2D eigenvalue weighted by Gasteiger charge is -2.09. The zero-order valence-corrected chi connectivity index (χ0v) is 13.8. The fourth-order valence-electron chi connectivity index (χ4n) is 3.29. The molecule has 3 unspecified atom stereocenters. The molecule has 1 saturated carbocycles. The van der Waals surface area contributed by atoms with E-state index in [0.29, 0.717) is 13.1 Å². The number of amides is 2. The highest BCUT2D eigenvalue weighted by Crippen LogP contribution is 2.50. The molecule has 3 atom stereocenters. The standard InChI is InChI=1S/C20H26N2O/c1-15-18-9-8-17(14-19(15)18)11-13-22-20(23)21-12-10-16-6-4-2-3-5-7-16/h2,4-9,14-15,18-19H,3,10-13H2,1H3,(H2,21,22,23). The predicted molar refractivity (Wildman–Crippen MR) is 95.0 cm³/mol. The summed E-state index contributed by atoms with van der Waals surface area (Å²) >= 11 is 0. The van der Waals surface area contributed by atoms with Crippen LogP contribution in [0.15, 0.2) is 59.8 Å². The van der Waals surface area contributed by atoms with Crippen molar-refractivity contribution in [2.24, 2.45) is 17.8 Å². The van der Waals surface area contributed by atoms with Crippen LogP contribution in [0.3, 0.4) is 0 Å². The van der Waals surface area contributed by atoms with Crippen LogP contribution in [0.4, 0.5) is 4.79 Å². The van der Waals surface area contributed by atoms with Crippen LogP contribution in [-0.2, 0) is 0 Å². The molecule has 23 heavy (non-hydrogen) atoms. The first-order chi connectivity index (χ1) is 11.2. The van der Waals surface area contributed by atoms with Crippen molar-refractivity contribution in [3.63, 3.8) is 0 Å². The minimum Gasteiger partial charge on any atom is -0.338 e. The quantitative estimate of drug-likeness (QED) is 0.768. The largest absolute Gasteiger partial charge is 0.338 e. The van der Waals surface area contributed by atoms with Gasteiger partial charge in [-0.25, -0.2) is 4.79 Å². The van der Waals surface area contributed by atoms with Gasteiger partial charge in [0, 0.05) is 13.1 Å². The molecule has 0 saturated heterocycles. The fraction of sp³-hybridized carbons (Fsp3) is 0.450. The Labute approximate surface area is 138 Å². The molecule has 0 radical (unpaired) electrons. The molecule has 0 aliphatic heterocycles. The highest BCUT2D eigenvalue weighted by atomic mass is 16.2. The van der Waals surface area contributed by atoms with E-state index in [0.717, 1.165) is 37.0 Å². The average Bonchev–Trinajstić information content (AvgIpc) is 3.26. The Balaban J connectivity index is 1.30. The van der Waals surface area contributed by atoms with Gasteiger partial charge < -0.3 is 10.6 Å². The molecule has 3 aliphatic carbocycles. The molecule has 0 aromatic heterocycles. The maximum Gasteiger partial charge on any atom is 0.314 e. The molecule has 0 spiro atoms. The Morgan fingerprint density at radius 2 is 1.87 bits per heavy atom. The van der Waals surface area contributed by atoms with Crippen molar-refractivity contribution in [1.82, 2.24) is 10.6 Å². The number of carbonyl (C=O) groups is 1. The highest BCUT2D eigenvalue weighted by Gasteiger charge is 2.44. The molecular formula is C20H26N2O. The Bertz CT molecular complexity index is 595. The fourth-order valence-corrected chi connectivity index (χ4v) is 3.29. The zero-order valence-electron chi connectivity index (χ0n) is 13.8. The first kappa shape index (κ1) is 15.9. The van der Waals surface area contributed by atoms with Gasteiger partial charge in [-0.2, -0.15) is 0 Å². The third-order valence-corrected chi connectivity index (χ3v) is 4.91. The number of urea groups is 1. The first-order valence-corrected chi connectivity index (χ1v) is 8.67. The van der Waals surface area contributed by atoms with Crippen molar-refractivity contribution in [2.45, 2.75) is 26.2 Å². The van der Waals surface area contributed by atoms with Gasteiger partial charge in [0.05, 0.1) is 0 Å². The number of carbonyl (C=O) groups excluding carboxylic acids is 1. The van der Waals surface area contributed by atoms with Gasteiger partial charge in [0.1, 0.15) is 0 Å². The van der Waals surface area contributed by atoms with E-state index in [-0.39, 0.29) is 6.03 Å². The minimum atomic E-state index is -0.0724. The number of hydrogen-bond acceptors (Lipinski definition) is 1. The summed E-state index contributed by atoms with van der Waals surface area (Å²) in [5, 5.41) is 5.87. The molecule has 1 fully saturated rings. The van der Waals surface area contributed by atoms with Crippen LogP contribution in [0.1, 0.15) is 26.2 Å². The molecule has 2 amide bonds. The lowest BCUT2D eigenvalue weighted by molar-refractivity contribution is 0.241. The zero-order chi connectivity index (χ0) is 16.1. The summed E-state index contributed by atoms with van der Waals surface area (Å²) in [6, 6.07) is -0.0724. The normalized spacial score (nSPS) is 27.6. The van der Waals surface area contributed by atoms with Gasteiger partial charge in [0.25, 0.3) is 0 Å². The Morgan fingerprint density at radius 3 is 2.65 bits per heavy atom. The second-order valence-electron chi connectivity index (χ2n) is 6.60. The van der Waals surface area contributed by atoms with Gasteiger partial charge in [0.15, 0.2) is 0 Å². The van der Waals surface area contributed by atoms with E-state index < -0.39 is 0 Å². The molecule has 2 N–H and O–H groups in total. The van der Waals surface area contributed by atoms with Gasteiger partial charge in [-0.1, -0.05) is 61.1 Å². The second-order valence-corrected chi connectivity index (χ2v) is 6.60. The molecule has 0 bridgehead atoms. The van der Waals surface area contributed by atoms with E-state index in [4.69, 9.17) is 0 Å². The number of rotatable bonds is 6. The lowest BCUT2D eigenvalue weighted by atomic mass is 10.0. The summed E-state index contributed by atoms with van der Waals surface area (Å²) in [5.41, 5.74) is 2.61. The number of hydrogen-bond donors (Lipinski definition) is 2. The van der Waals surface area contributed by atoms with Crippen molar-refractivity contribution < 1.29 is 4.79 Å². The summed E-state index contributed by atoms with van der Waals surface area (Å²) in [4.78, 5) is 11.8. The minimum absolute atomic E-state index is 0.0724. The van der Waals surface area contributed by atoms with Crippen molar-refractivity contribution in [3.05, 3.63) is 59.8 Å². The second kappa shape index (κ2) is 7.49. The van der Waals surface area contributed by atoms with E-state index in [1.807, 2.05) is 0 Å². The molecule has 0 aromatic rings. The van der Waals surface area contributed by atoms with E-state index >= 15 is 0 Å². The van der Waals surface area contributed by atoms with Crippen LogP contribution in [0, 0.1) is 17.8 Å². The van der Waals surface area contributed by atoms with Crippen molar-refractivity contribution in [2.75, 3.05) is 13.1 Å². The monoisotopic (exact) mass is 310 g/mol. The Morgan fingerprint density at radius 1 is 1.09 bits per heavy atom. The smallest absolute Gasteiger partial charge is 0.314 e. The Kier molecular flexibility index (Phi) is 5.16. The molecule has 0 heterocycles. The summed E-state index contributed by atoms with van der Waals surface area (Å²) < 4.78 is 0. The van der Waals surface area contributed by atoms with Gasteiger partial charge in [-0.15, -0.1) is 0 Å². The third-order valence-electron chi connectivity index (χ3n) is 4.91. The number of fused-ring (bicyclic) bond motifs is 1. The summed E-state index contributed by atoms with van der Waals surface area (Å²) in [7, 11) is 0. The van der Waals surface area contributed by atoms with Crippen LogP contribution >= 0.6 is 0 Å². The van der Waals surface area contributed by atoms with Gasteiger partial charge >= 0.3 is 6.03 Å². The van der Waals surface area contributed by atoms with Crippen LogP contribution < -0.4 is 10.6 Å². The third kappa shape index (κ3) is 4.47. The average molecular weight is 310 g/mol. The van der Waals surface area contributed by atoms with Crippen molar-refractivity contribution >= 4 is 6.03 Å². The summed E-state index contributed by atoms with van der Waals surface area (Å²) in [6.45, 7) is 3.67. The maximum absolute atomic E-state index is 11.8. The lowest BCUT2D eigenvalue weighted by Crippen LogP contribution is -2.36. The SMILES string of the molecule is CC1C2C=CC(CCNC(=O)NCCC3=CC=CCC=C3)=CC12. The van der Waals surface area contributed by atoms with Gasteiger partial charge in [-0.3, -0.25) is 0 Å². The van der Waals surface area contributed by atoms with E-state index in [1.165, 1.54) is 11.1 Å². The van der Waals surface area contributed by atoms with E-state index in [2.05, 4.69) is 66.2 Å². The molecule has 3 heteroatoms. The van der Waals surface area contributed by atoms with Crippen LogP contribution in [0.5, 0.6) is 0 Å². The molecule has 3 rings (SSSR count). The topological polar surface area (TPSA) is 41.1 Å². The maximum atomic E-state index is 11.8. The van der Waals surface area contributed by atoms with Crippen molar-refractivity contribution in [3.8, 4) is 0 Å². The van der Waals surface area contributed by atoms with Crippen LogP contribution in [0.2, 0.25) is 0 Å². The molecule has 0 aromatic carbocycles. The van der Waals surface area contributed by atoms with Gasteiger partial charge in [-0.05, 0) is 42.6 Å². The summed E-state index contributed by atoms with van der Waals surface area (Å²) in [5.74, 6) is 2.33. The summed E-state index contributed by atoms with van der Waals surface area (Å²) in [6.07, 6.45) is 20.3. The highest BCUT2D eigenvalue weighted by molar-refractivity contribution is 5.73. The first-order valence-electron chi connectivity index (χ1n) is 8.67. The molecular weight excluding hydrogens is 284 g/mol. The molecule has 3 nitrogen and oxygen atoms in total. The predicted octanol–water partition coefficient (Wildman–Crippen LogP) is 3.89. The van der Waals surface area contributed by atoms with Crippen molar-refractivity contribution in [1.29, 1.82) is 0 Å². The van der Waals surface area contributed by atoms with E-state index in [1.54, 1.807) is 0 Å². The van der Waals surface area contributed by atoms with Crippen LogP contribution in [0.25, 0.3) is 0 Å². The Hall–Kier alpha value is -2.03. The van der Waals surface area contributed by atoms with Gasteiger partial charge in [0.2, 0.25) is 0 Å². The number of nitrogens with one attached hydrogen (secondary N) is 2. The van der Waals surface area contributed by atoms with Crippen LogP contribution in [-0.4, -0.2) is 19.1 Å². The van der Waals surface area contributed by atoms with E-state index in [9.17, 15) is 4.79 Å². The molecule has 122 valence electrons. The number of allylic oxidation sites excluding steroid dienone is 8. The molecule has 3 aliphatic rings.